The molecule has 0 radical (unpaired) electrons. The predicted molar refractivity (Wildman–Crippen MR) is 119 cm³/mol. The van der Waals surface area contributed by atoms with Crippen molar-refractivity contribution in [3.63, 3.8) is 0 Å². The molecule has 3 heterocycles. The van der Waals surface area contributed by atoms with E-state index in [0.29, 0.717) is 43.8 Å². The summed E-state index contributed by atoms with van der Waals surface area (Å²) in [6, 6.07) is 6.57. The number of rotatable bonds is 5. The Bertz CT molecular complexity index is 1320. The molecule has 2 aromatic heterocycles. The molecular weight excluding hydrogens is 415 g/mol. The molecule has 2 N–H and O–H groups in total. The molecule has 1 saturated heterocycles. The van der Waals surface area contributed by atoms with E-state index in [2.05, 4.69) is 19.9 Å². The highest BCUT2D eigenvalue weighted by Crippen LogP contribution is 2.23. The first kappa shape index (κ1) is 18.1. The van der Waals surface area contributed by atoms with Crippen LogP contribution < -0.4 is 20.5 Å². The van der Waals surface area contributed by atoms with E-state index in [0.717, 1.165) is 11.1 Å². The largest absolute Gasteiger partial charge is 0.477 e. The number of benzene rings is 1. The van der Waals surface area contributed by atoms with Gasteiger partial charge >= 0.3 is 5.56 Å². The molecule has 32 heavy (non-hydrogen) atoms. The molecule has 1 aromatic carbocycles. The summed E-state index contributed by atoms with van der Waals surface area (Å²) in [6.07, 6.45) is 0. The Morgan fingerprint density at radius 1 is 1.25 bits per heavy atom. The van der Waals surface area contributed by atoms with Crippen molar-refractivity contribution in [2.75, 3.05) is 45.2 Å². The van der Waals surface area contributed by atoms with Gasteiger partial charge < -0.3 is 19.9 Å². The number of hydrogen-bond acceptors (Lipinski definition) is 7. The average Bonchev–Trinajstić information content (AvgIpc) is 2.80. The summed E-state index contributed by atoms with van der Waals surface area (Å²) in [6.45, 7) is 2.32. The lowest BCUT2D eigenvalue weighted by molar-refractivity contribution is 0.0957. The Kier molecular flexibility index (Phi) is 5.04. The number of methoxy groups -OCH3 is 1. The normalized spacial score (nSPS) is 16.3. The second-order valence-electron chi connectivity index (χ2n) is 7.54. The van der Waals surface area contributed by atoms with Gasteiger partial charge in [-0.3, -0.25) is 14.5 Å². The molecule has 4 rings (SSSR count). The quantitative estimate of drug-likeness (QED) is 0.576. The van der Waals surface area contributed by atoms with E-state index in [1.807, 2.05) is 24.0 Å². The molecule has 0 unspecified atom stereocenters. The van der Waals surface area contributed by atoms with E-state index >= 15 is 0 Å². The Morgan fingerprint density at radius 2 is 2.03 bits per heavy atom. The maximum absolute atomic E-state index is 14.6. The van der Waals surface area contributed by atoms with Gasteiger partial charge in [0.05, 0.1) is 23.8 Å². The van der Waals surface area contributed by atoms with Crippen molar-refractivity contribution in [2.45, 2.75) is 13.5 Å². The number of carbonyl (C=O) groups excluding carboxylic acids is 1. The first-order chi connectivity index (χ1) is 16.6. The maximum Gasteiger partial charge on any atom is 0.311 e. The highest BCUT2D eigenvalue weighted by atomic mass is 19.1. The summed E-state index contributed by atoms with van der Waals surface area (Å²) in [5, 5.41) is 1.80. The molecule has 0 aliphatic carbocycles. The van der Waals surface area contributed by atoms with Gasteiger partial charge in [-0.1, -0.05) is 6.07 Å². The average molecular weight is 443 g/mol. The molecule has 10 heteroatoms. The monoisotopic (exact) mass is 443 g/mol. The third-order valence-electron chi connectivity index (χ3n) is 5.69. The Labute approximate surface area is 188 Å². The van der Waals surface area contributed by atoms with Crippen molar-refractivity contribution < 1.29 is 18.0 Å². The Balaban J connectivity index is 1.42. The van der Waals surface area contributed by atoms with E-state index in [9.17, 15) is 14.0 Å². The van der Waals surface area contributed by atoms with Crippen molar-refractivity contribution in [3.8, 4) is 5.88 Å². The lowest BCUT2D eigenvalue weighted by Gasteiger charge is -2.36. The van der Waals surface area contributed by atoms with Gasteiger partial charge in [-0.25, -0.2) is 9.97 Å². The van der Waals surface area contributed by atoms with Crippen molar-refractivity contribution in [3.05, 3.63) is 57.4 Å². The first-order valence-corrected chi connectivity index (χ1v) is 10.1. The fraction of sp³-hybridized carbons (Fsp3) is 0.364. The van der Waals surface area contributed by atoms with Gasteiger partial charge in [0.25, 0.3) is 11.8 Å². The number of ether oxygens (including phenoxy) is 1. The first-order valence-electron chi connectivity index (χ1n) is 11.6. The number of carbonyl (C=O) groups is 1. The van der Waals surface area contributed by atoms with Gasteiger partial charge in [-0.15, -0.1) is 0 Å². The van der Waals surface area contributed by atoms with Crippen LogP contribution in [0.2, 0.25) is 0 Å². The number of nitrogens with zero attached hydrogens (tertiary/aromatic N) is 4. The number of aryl methyl sites for hydroxylation is 1. The maximum atomic E-state index is 14.6. The number of H-pyrrole nitrogens is 1. The Morgan fingerprint density at radius 3 is 2.72 bits per heavy atom. The SMILES string of the molecule is [2H]C([2H])([2H])NC(=O)c1ccc(N2CCN(Cc3ccc4nc(OC)c(=O)[nH]c4c3C)CC2)c(F)n1. The highest BCUT2D eigenvalue weighted by molar-refractivity contribution is 5.92. The Hall–Kier alpha value is -3.53. The molecular formula is C22H25FN6O3. The van der Waals surface area contributed by atoms with Gasteiger partial charge in [-0.05, 0) is 36.2 Å². The molecule has 3 aromatic rings. The topological polar surface area (TPSA) is 103 Å². The van der Waals surface area contributed by atoms with Crippen LogP contribution >= 0.6 is 0 Å². The van der Waals surface area contributed by atoms with Crippen LogP contribution in [0.5, 0.6) is 5.88 Å². The summed E-state index contributed by atoms with van der Waals surface area (Å²) in [5.41, 5.74) is 2.87. The zero-order valence-electron chi connectivity index (χ0n) is 20.7. The van der Waals surface area contributed by atoms with E-state index in [1.54, 1.807) is 5.32 Å². The van der Waals surface area contributed by atoms with Gasteiger partial charge in [-0.2, -0.15) is 4.39 Å². The fourth-order valence-electron chi connectivity index (χ4n) is 3.87. The lowest BCUT2D eigenvalue weighted by Crippen LogP contribution is -2.46. The summed E-state index contributed by atoms with van der Waals surface area (Å²) < 4.78 is 40.9. The summed E-state index contributed by atoms with van der Waals surface area (Å²) in [5.74, 6) is -1.76. The molecule has 1 fully saturated rings. The van der Waals surface area contributed by atoms with Crippen LogP contribution in [0.25, 0.3) is 11.0 Å². The van der Waals surface area contributed by atoms with Crippen LogP contribution in [0.15, 0.2) is 29.1 Å². The fourth-order valence-corrected chi connectivity index (χ4v) is 3.87. The molecule has 0 atom stereocenters. The molecule has 1 aliphatic rings. The van der Waals surface area contributed by atoms with Crippen LogP contribution in [0.4, 0.5) is 10.1 Å². The third kappa shape index (κ3) is 4.13. The number of hydrogen-bond donors (Lipinski definition) is 2. The molecule has 1 aliphatic heterocycles. The number of halogens is 1. The van der Waals surface area contributed by atoms with Gasteiger partial charge in [0, 0.05) is 43.8 Å². The molecule has 9 nitrogen and oxygen atoms in total. The minimum absolute atomic E-state index is 0.0217. The molecule has 168 valence electrons. The minimum atomic E-state index is -2.67. The van der Waals surface area contributed by atoms with Gasteiger partial charge in [0.2, 0.25) is 5.95 Å². The van der Waals surface area contributed by atoms with Gasteiger partial charge in [0.15, 0.2) is 0 Å². The second-order valence-corrected chi connectivity index (χ2v) is 7.54. The number of anilines is 1. The van der Waals surface area contributed by atoms with Crippen LogP contribution in [0, 0.1) is 12.9 Å². The zero-order valence-corrected chi connectivity index (χ0v) is 17.7. The molecule has 0 saturated carbocycles. The summed E-state index contributed by atoms with van der Waals surface area (Å²) in [4.78, 5) is 38.8. The minimum Gasteiger partial charge on any atom is -0.477 e. The van der Waals surface area contributed by atoms with E-state index in [-0.39, 0.29) is 22.8 Å². The van der Waals surface area contributed by atoms with Crippen molar-refractivity contribution in [2.24, 2.45) is 0 Å². The van der Waals surface area contributed by atoms with Crippen LogP contribution in [-0.4, -0.2) is 66.0 Å². The highest BCUT2D eigenvalue weighted by Gasteiger charge is 2.22. The predicted octanol–water partition coefficient (Wildman–Crippen LogP) is 1.46. The van der Waals surface area contributed by atoms with E-state index in [1.165, 1.54) is 19.2 Å². The molecule has 0 bridgehead atoms. The summed E-state index contributed by atoms with van der Waals surface area (Å²) >= 11 is 0. The lowest BCUT2D eigenvalue weighted by atomic mass is 10.1. The van der Waals surface area contributed by atoms with Crippen LogP contribution in [-0.2, 0) is 6.54 Å². The molecule has 1 amide bonds. The van der Waals surface area contributed by atoms with Crippen molar-refractivity contribution >= 4 is 22.6 Å². The number of amides is 1. The number of fused-ring (bicyclic) bond motifs is 1. The number of aromatic nitrogens is 3. The zero-order chi connectivity index (χ0) is 25.3. The number of aromatic amines is 1. The molecule has 0 spiro atoms. The number of nitrogens with one attached hydrogen (secondary N) is 2. The second kappa shape index (κ2) is 8.91. The van der Waals surface area contributed by atoms with Crippen molar-refractivity contribution in [1.82, 2.24) is 25.2 Å². The van der Waals surface area contributed by atoms with E-state index < -0.39 is 18.8 Å². The standard InChI is InChI=1S/C22H25FN6O3/c1-13-14(4-5-15-18(13)27-21(31)22(26-15)32-3)12-28-8-10-29(11-9-28)17-7-6-16(20(30)24-2)25-19(17)23/h4-7H,8-12H2,1-3H3,(H,24,30)(H,27,31)/i2D3. The van der Waals surface area contributed by atoms with E-state index in [4.69, 9.17) is 8.85 Å². The third-order valence-corrected chi connectivity index (χ3v) is 5.69. The number of pyridine rings is 1. The van der Waals surface area contributed by atoms with Crippen molar-refractivity contribution in [1.29, 1.82) is 0 Å². The van der Waals surface area contributed by atoms with Crippen LogP contribution in [0.1, 0.15) is 25.7 Å². The van der Waals surface area contributed by atoms with Gasteiger partial charge in [0.1, 0.15) is 5.69 Å². The number of piperazine rings is 1. The summed E-state index contributed by atoms with van der Waals surface area (Å²) in [7, 11) is 1.40. The smallest absolute Gasteiger partial charge is 0.311 e. The van der Waals surface area contributed by atoms with Crippen LogP contribution in [0.3, 0.4) is 0 Å².